The van der Waals surface area contributed by atoms with Crippen LogP contribution in [0.2, 0.25) is 0 Å². The number of benzene rings is 2. The van der Waals surface area contributed by atoms with E-state index < -0.39 is 0 Å². The lowest BCUT2D eigenvalue weighted by Gasteiger charge is -2.16. The molecule has 2 aromatic carbocycles. The average Bonchev–Trinajstić information content (AvgIpc) is 2.94. The minimum atomic E-state index is -0.00354. The summed E-state index contributed by atoms with van der Waals surface area (Å²) in [5, 5.41) is 4.10. The fourth-order valence-electron chi connectivity index (χ4n) is 3.06. The molecule has 0 saturated carbocycles. The molecule has 1 heterocycles. The van der Waals surface area contributed by atoms with Gasteiger partial charge in [0, 0.05) is 36.6 Å². The van der Waals surface area contributed by atoms with E-state index in [1.165, 1.54) is 5.56 Å². The molecule has 0 aliphatic heterocycles. The molecular weight excluding hydrogens is 284 g/mol. The van der Waals surface area contributed by atoms with Crippen molar-refractivity contribution in [2.45, 2.75) is 19.3 Å². The van der Waals surface area contributed by atoms with Crippen LogP contribution in [0.3, 0.4) is 0 Å². The molecule has 1 aromatic heterocycles. The summed E-state index contributed by atoms with van der Waals surface area (Å²) in [5.74, 6) is 0.339. The Balaban J connectivity index is 1.76. The van der Waals surface area contributed by atoms with Crippen LogP contribution in [-0.2, 0) is 7.05 Å². The first-order valence-corrected chi connectivity index (χ1v) is 8.08. The van der Waals surface area contributed by atoms with Crippen LogP contribution in [0.4, 0.5) is 0 Å². The molecule has 1 amide bonds. The van der Waals surface area contributed by atoms with E-state index >= 15 is 0 Å². The Morgan fingerprint density at radius 2 is 1.78 bits per heavy atom. The van der Waals surface area contributed by atoms with E-state index in [1.54, 1.807) is 0 Å². The van der Waals surface area contributed by atoms with Gasteiger partial charge in [-0.3, -0.25) is 4.79 Å². The maximum atomic E-state index is 12.6. The number of carbonyl (C=O) groups is 1. The maximum Gasteiger partial charge on any atom is 0.253 e. The summed E-state index contributed by atoms with van der Waals surface area (Å²) in [5.41, 5.74) is 3.09. The molecule has 3 rings (SSSR count). The number of carbonyl (C=O) groups excluding carboxylic acids is 1. The zero-order chi connectivity index (χ0) is 16.2. The second-order valence-corrected chi connectivity index (χ2v) is 5.90. The third-order valence-corrected chi connectivity index (χ3v) is 4.41. The first-order chi connectivity index (χ1) is 11.2. The quantitative estimate of drug-likeness (QED) is 0.756. The van der Waals surface area contributed by atoms with E-state index in [9.17, 15) is 4.79 Å². The summed E-state index contributed by atoms with van der Waals surface area (Å²) in [6, 6.07) is 18.4. The molecule has 0 bridgehead atoms. The fourth-order valence-corrected chi connectivity index (χ4v) is 3.06. The van der Waals surface area contributed by atoms with Crippen molar-refractivity contribution in [3.8, 4) is 0 Å². The first kappa shape index (κ1) is 15.3. The lowest BCUT2D eigenvalue weighted by atomic mass is 9.96. The summed E-state index contributed by atoms with van der Waals surface area (Å²) in [4.78, 5) is 12.6. The highest BCUT2D eigenvalue weighted by Crippen LogP contribution is 2.21. The van der Waals surface area contributed by atoms with Gasteiger partial charge in [-0.2, -0.15) is 0 Å². The van der Waals surface area contributed by atoms with E-state index in [0.29, 0.717) is 12.5 Å². The number of aromatic nitrogens is 1. The van der Waals surface area contributed by atoms with Gasteiger partial charge in [0.05, 0.1) is 5.56 Å². The molecule has 23 heavy (non-hydrogen) atoms. The number of nitrogens with one attached hydrogen (secondary N) is 1. The van der Waals surface area contributed by atoms with Gasteiger partial charge in [-0.05, 0) is 18.1 Å². The summed E-state index contributed by atoms with van der Waals surface area (Å²) in [7, 11) is 1.97. The van der Waals surface area contributed by atoms with Crippen LogP contribution in [0, 0.1) is 0 Å². The van der Waals surface area contributed by atoms with Gasteiger partial charge in [0.25, 0.3) is 5.91 Å². The number of aryl methyl sites for hydroxylation is 1. The number of rotatable bonds is 5. The molecule has 3 heteroatoms. The molecule has 3 aromatic rings. The van der Waals surface area contributed by atoms with Crippen molar-refractivity contribution in [1.82, 2.24) is 9.88 Å². The van der Waals surface area contributed by atoms with Crippen molar-refractivity contribution in [3.63, 3.8) is 0 Å². The third kappa shape index (κ3) is 3.14. The van der Waals surface area contributed by atoms with Crippen molar-refractivity contribution >= 4 is 16.8 Å². The molecule has 3 nitrogen and oxygen atoms in total. The Labute approximate surface area is 136 Å². The topological polar surface area (TPSA) is 34.0 Å². The Morgan fingerprint density at radius 3 is 2.52 bits per heavy atom. The Morgan fingerprint density at radius 1 is 1.09 bits per heavy atom. The van der Waals surface area contributed by atoms with E-state index in [0.717, 1.165) is 22.9 Å². The summed E-state index contributed by atoms with van der Waals surface area (Å²) >= 11 is 0. The van der Waals surface area contributed by atoms with E-state index in [-0.39, 0.29) is 5.91 Å². The second kappa shape index (κ2) is 6.69. The number of nitrogens with zero attached hydrogens (tertiary/aromatic N) is 1. The third-order valence-electron chi connectivity index (χ3n) is 4.41. The Kier molecular flexibility index (Phi) is 4.47. The first-order valence-electron chi connectivity index (χ1n) is 8.08. The standard InChI is InChI=1S/C20H22N2O/c1-3-15(16-9-5-4-6-10-16)13-21-20(23)18-14-22(2)19-12-8-7-11-17(18)19/h4-12,14-15H,3,13H2,1-2H3,(H,21,23). The van der Waals surface area contributed by atoms with Gasteiger partial charge in [-0.1, -0.05) is 55.5 Å². The van der Waals surface area contributed by atoms with Gasteiger partial charge < -0.3 is 9.88 Å². The summed E-state index contributed by atoms with van der Waals surface area (Å²) in [6.07, 6.45) is 2.91. The number of fused-ring (bicyclic) bond motifs is 1. The molecule has 1 atom stereocenters. The van der Waals surface area contributed by atoms with Crippen molar-refractivity contribution in [2.75, 3.05) is 6.54 Å². The number of hydrogen-bond acceptors (Lipinski definition) is 1. The molecule has 0 aliphatic carbocycles. The molecule has 118 valence electrons. The normalized spacial score (nSPS) is 12.3. The molecule has 1 unspecified atom stereocenters. The molecular formula is C20H22N2O. The van der Waals surface area contributed by atoms with Gasteiger partial charge in [-0.25, -0.2) is 0 Å². The van der Waals surface area contributed by atoms with Crippen molar-refractivity contribution in [1.29, 1.82) is 0 Å². The van der Waals surface area contributed by atoms with Crippen LogP contribution in [0.15, 0.2) is 60.8 Å². The summed E-state index contributed by atoms with van der Waals surface area (Å²) < 4.78 is 2.00. The Bertz CT molecular complexity index is 805. The highest BCUT2D eigenvalue weighted by Gasteiger charge is 2.15. The molecule has 0 spiro atoms. The largest absolute Gasteiger partial charge is 0.351 e. The predicted molar refractivity (Wildman–Crippen MR) is 94.7 cm³/mol. The SMILES string of the molecule is CCC(CNC(=O)c1cn(C)c2ccccc12)c1ccccc1. The molecule has 0 aliphatic rings. The monoisotopic (exact) mass is 306 g/mol. The van der Waals surface area contributed by atoms with Gasteiger partial charge >= 0.3 is 0 Å². The van der Waals surface area contributed by atoms with Crippen molar-refractivity contribution in [2.24, 2.45) is 7.05 Å². The van der Waals surface area contributed by atoms with Crippen LogP contribution in [0.25, 0.3) is 10.9 Å². The fraction of sp³-hybridized carbons (Fsp3) is 0.250. The van der Waals surface area contributed by atoms with Gasteiger partial charge in [0.2, 0.25) is 0 Å². The van der Waals surface area contributed by atoms with Crippen molar-refractivity contribution < 1.29 is 4.79 Å². The van der Waals surface area contributed by atoms with Crippen LogP contribution < -0.4 is 5.32 Å². The summed E-state index contributed by atoms with van der Waals surface area (Å²) in [6.45, 7) is 2.81. The average molecular weight is 306 g/mol. The Hall–Kier alpha value is -2.55. The van der Waals surface area contributed by atoms with Gasteiger partial charge in [-0.15, -0.1) is 0 Å². The van der Waals surface area contributed by atoms with Crippen LogP contribution >= 0.6 is 0 Å². The lowest BCUT2D eigenvalue weighted by Crippen LogP contribution is -2.28. The van der Waals surface area contributed by atoms with Crippen molar-refractivity contribution in [3.05, 3.63) is 71.9 Å². The second-order valence-electron chi connectivity index (χ2n) is 5.90. The van der Waals surface area contributed by atoms with Gasteiger partial charge in [0.1, 0.15) is 0 Å². The molecule has 1 N–H and O–H groups in total. The zero-order valence-electron chi connectivity index (χ0n) is 13.6. The van der Waals surface area contributed by atoms with Crippen LogP contribution in [0.5, 0.6) is 0 Å². The smallest absolute Gasteiger partial charge is 0.253 e. The minimum absolute atomic E-state index is 0.00354. The number of hydrogen-bond donors (Lipinski definition) is 1. The molecule has 0 saturated heterocycles. The predicted octanol–water partition coefficient (Wildman–Crippen LogP) is 4.10. The maximum absolute atomic E-state index is 12.6. The van der Waals surface area contributed by atoms with Crippen LogP contribution in [-0.4, -0.2) is 17.0 Å². The van der Waals surface area contributed by atoms with Crippen LogP contribution in [0.1, 0.15) is 35.2 Å². The number of amides is 1. The van der Waals surface area contributed by atoms with Gasteiger partial charge in [0.15, 0.2) is 0 Å². The van der Waals surface area contributed by atoms with E-state index in [4.69, 9.17) is 0 Å². The lowest BCUT2D eigenvalue weighted by molar-refractivity contribution is 0.0952. The van der Waals surface area contributed by atoms with E-state index in [1.807, 2.05) is 60.3 Å². The zero-order valence-corrected chi connectivity index (χ0v) is 13.6. The number of para-hydroxylation sites is 1. The highest BCUT2D eigenvalue weighted by atomic mass is 16.1. The van der Waals surface area contributed by atoms with E-state index in [2.05, 4.69) is 24.4 Å². The highest BCUT2D eigenvalue weighted by molar-refractivity contribution is 6.06. The molecule has 0 fully saturated rings. The minimum Gasteiger partial charge on any atom is -0.351 e. The molecule has 0 radical (unpaired) electrons.